The maximum absolute atomic E-state index is 12.6. The van der Waals surface area contributed by atoms with Crippen molar-refractivity contribution in [3.05, 3.63) is 33.8 Å². The van der Waals surface area contributed by atoms with Crippen molar-refractivity contribution in [1.29, 1.82) is 0 Å². The highest BCUT2D eigenvalue weighted by Crippen LogP contribution is 2.24. The Labute approximate surface area is 154 Å². The summed E-state index contributed by atoms with van der Waals surface area (Å²) in [7, 11) is 0. The molecule has 1 rings (SSSR count). The van der Waals surface area contributed by atoms with E-state index < -0.39 is 6.04 Å². The smallest absolute Gasteiger partial charge is 0.242 e. The van der Waals surface area contributed by atoms with Crippen LogP contribution in [-0.4, -0.2) is 29.3 Å². The highest BCUT2D eigenvalue weighted by atomic mass is 35.5. The molecule has 0 aliphatic heterocycles. The van der Waals surface area contributed by atoms with Crippen LogP contribution in [0, 0.1) is 0 Å². The molecule has 1 N–H and O–H groups in total. The van der Waals surface area contributed by atoms with Gasteiger partial charge in [0.05, 0.1) is 10.0 Å². The minimum absolute atomic E-state index is 0.0259. The fourth-order valence-corrected chi connectivity index (χ4v) is 2.80. The van der Waals surface area contributed by atoms with Gasteiger partial charge in [-0.1, -0.05) is 50.0 Å². The van der Waals surface area contributed by atoms with Gasteiger partial charge in [-0.25, -0.2) is 0 Å². The Bertz CT molecular complexity index is 564. The summed E-state index contributed by atoms with van der Waals surface area (Å²) in [6, 6.07) is 4.80. The molecule has 2 amide bonds. The van der Waals surface area contributed by atoms with E-state index in [1.807, 2.05) is 26.8 Å². The average Bonchev–Trinajstić information content (AvgIpc) is 2.56. The van der Waals surface area contributed by atoms with E-state index in [2.05, 4.69) is 5.32 Å². The Kier molecular flexibility index (Phi) is 9.16. The number of carbonyl (C=O) groups excluding carboxylic acids is 2. The monoisotopic (exact) mass is 372 g/mol. The molecule has 4 nitrogen and oxygen atoms in total. The zero-order valence-corrected chi connectivity index (χ0v) is 16.1. The van der Waals surface area contributed by atoms with Crippen molar-refractivity contribution in [1.82, 2.24) is 10.2 Å². The summed E-state index contributed by atoms with van der Waals surface area (Å²) in [5.74, 6) is -0.133. The molecule has 0 aliphatic carbocycles. The molecule has 0 bridgehead atoms. The molecule has 0 aromatic heterocycles. The van der Waals surface area contributed by atoms with Crippen molar-refractivity contribution in [3.8, 4) is 0 Å². The molecular weight excluding hydrogens is 347 g/mol. The zero-order chi connectivity index (χ0) is 18.1. The second-order valence-corrected chi connectivity index (χ2v) is 6.55. The number of nitrogens with zero attached hydrogens (tertiary/aromatic N) is 1. The first kappa shape index (κ1) is 20.8. The first-order valence-corrected chi connectivity index (χ1v) is 9.21. The van der Waals surface area contributed by atoms with Crippen LogP contribution in [0.3, 0.4) is 0 Å². The number of rotatable bonds is 9. The third-order valence-corrected chi connectivity index (χ3v) is 4.47. The van der Waals surface area contributed by atoms with Gasteiger partial charge in [0.2, 0.25) is 11.8 Å². The standard InChI is InChI=1S/C18H26Cl2N2O2/c1-4-7-17(23)22(16(6-3)18(24)21-10-5-2)12-13-8-9-14(19)15(20)11-13/h8-9,11,16H,4-7,10,12H2,1-3H3,(H,21,24)/t16-/m0/s1. The molecule has 24 heavy (non-hydrogen) atoms. The van der Waals surface area contributed by atoms with Crippen molar-refractivity contribution in [2.45, 2.75) is 59.0 Å². The van der Waals surface area contributed by atoms with Crippen LogP contribution in [0.25, 0.3) is 0 Å². The van der Waals surface area contributed by atoms with E-state index in [-0.39, 0.29) is 11.8 Å². The van der Waals surface area contributed by atoms with Gasteiger partial charge in [0.25, 0.3) is 0 Å². The molecule has 0 heterocycles. The fourth-order valence-electron chi connectivity index (χ4n) is 2.48. The van der Waals surface area contributed by atoms with Crippen LogP contribution in [-0.2, 0) is 16.1 Å². The minimum Gasteiger partial charge on any atom is -0.354 e. The van der Waals surface area contributed by atoms with Crippen LogP contribution in [0.2, 0.25) is 10.0 Å². The van der Waals surface area contributed by atoms with Crippen LogP contribution < -0.4 is 5.32 Å². The molecule has 0 aliphatic rings. The quantitative estimate of drug-likeness (QED) is 0.696. The number of hydrogen-bond donors (Lipinski definition) is 1. The van der Waals surface area contributed by atoms with Gasteiger partial charge >= 0.3 is 0 Å². The molecule has 0 spiro atoms. The van der Waals surface area contributed by atoms with Crippen molar-refractivity contribution in [2.24, 2.45) is 0 Å². The molecule has 1 aromatic rings. The Morgan fingerprint density at radius 2 is 1.83 bits per heavy atom. The Balaban J connectivity index is 3.02. The van der Waals surface area contributed by atoms with Gasteiger partial charge in [0.1, 0.15) is 6.04 Å². The first-order chi connectivity index (χ1) is 11.4. The molecular formula is C18H26Cl2N2O2. The summed E-state index contributed by atoms with van der Waals surface area (Å²) >= 11 is 12.0. The topological polar surface area (TPSA) is 49.4 Å². The summed E-state index contributed by atoms with van der Waals surface area (Å²) in [5, 5.41) is 3.80. The summed E-state index contributed by atoms with van der Waals surface area (Å²) in [5.41, 5.74) is 0.857. The average molecular weight is 373 g/mol. The molecule has 0 saturated heterocycles. The zero-order valence-electron chi connectivity index (χ0n) is 14.6. The Morgan fingerprint density at radius 1 is 1.12 bits per heavy atom. The lowest BCUT2D eigenvalue weighted by Gasteiger charge is -2.30. The third-order valence-electron chi connectivity index (χ3n) is 3.74. The molecule has 134 valence electrons. The normalized spacial score (nSPS) is 11.9. The van der Waals surface area contributed by atoms with Gasteiger partial charge in [-0.2, -0.15) is 0 Å². The lowest BCUT2D eigenvalue weighted by molar-refractivity contribution is -0.141. The second-order valence-electron chi connectivity index (χ2n) is 5.74. The first-order valence-electron chi connectivity index (χ1n) is 8.45. The van der Waals surface area contributed by atoms with Crippen LogP contribution >= 0.6 is 23.2 Å². The van der Waals surface area contributed by atoms with Gasteiger partial charge in [-0.05, 0) is 37.0 Å². The predicted molar refractivity (Wildman–Crippen MR) is 99.3 cm³/mol. The maximum Gasteiger partial charge on any atom is 0.242 e. The van der Waals surface area contributed by atoms with E-state index in [0.717, 1.165) is 18.4 Å². The SMILES string of the molecule is CCCNC(=O)[C@H](CC)N(Cc1ccc(Cl)c(Cl)c1)C(=O)CCC. The van der Waals surface area contributed by atoms with E-state index in [9.17, 15) is 9.59 Å². The lowest BCUT2D eigenvalue weighted by atomic mass is 10.1. The number of benzene rings is 1. The van der Waals surface area contributed by atoms with Crippen molar-refractivity contribution >= 4 is 35.0 Å². The number of nitrogens with one attached hydrogen (secondary N) is 1. The van der Waals surface area contributed by atoms with Gasteiger partial charge < -0.3 is 10.2 Å². The van der Waals surface area contributed by atoms with Gasteiger partial charge in [-0.15, -0.1) is 0 Å². The van der Waals surface area contributed by atoms with E-state index in [1.165, 1.54) is 0 Å². The number of halogens is 2. The summed E-state index contributed by atoms with van der Waals surface area (Å²) in [4.78, 5) is 26.7. The van der Waals surface area contributed by atoms with E-state index in [0.29, 0.717) is 36.0 Å². The maximum atomic E-state index is 12.6. The number of carbonyl (C=O) groups is 2. The van der Waals surface area contributed by atoms with Crippen LogP contribution in [0.4, 0.5) is 0 Å². The van der Waals surface area contributed by atoms with Gasteiger partial charge in [0.15, 0.2) is 0 Å². The van der Waals surface area contributed by atoms with E-state index >= 15 is 0 Å². The number of amides is 2. The van der Waals surface area contributed by atoms with Gasteiger partial charge in [-0.3, -0.25) is 9.59 Å². The highest BCUT2D eigenvalue weighted by Gasteiger charge is 2.27. The van der Waals surface area contributed by atoms with Crippen LogP contribution in [0.1, 0.15) is 52.0 Å². The number of hydrogen-bond acceptors (Lipinski definition) is 2. The van der Waals surface area contributed by atoms with Crippen molar-refractivity contribution in [2.75, 3.05) is 6.54 Å². The van der Waals surface area contributed by atoms with Gasteiger partial charge in [0, 0.05) is 19.5 Å². The fraction of sp³-hybridized carbons (Fsp3) is 0.556. The molecule has 1 atom stereocenters. The highest BCUT2D eigenvalue weighted by molar-refractivity contribution is 6.42. The summed E-state index contributed by atoms with van der Waals surface area (Å²) in [6.45, 7) is 6.81. The molecule has 6 heteroatoms. The van der Waals surface area contributed by atoms with Crippen LogP contribution in [0.5, 0.6) is 0 Å². The predicted octanol–water partition coefficient (Wildman–Crippen LogP) is 4.43. The molecule has 0 fully saturated rings. The molecule has 0 unspecified atom stereocenters. The van der Waals surface area contributed by atoms with E-state index in [4.69, 9.17) is 23.2 Å². The van der Waals surface area contributed by atoms with Crippen molar-refractivity contribution in [3.63, 3.8) is 0 Å². The molecule has 1 aromatic carbocycles. The summed E-state index contributed by atoms with van der Waals surface area (Å²) in [6.07, 6.45) is 2.58. The largest absolute Gasteiger partial charge is 0.354 e. The Hall–Kier alpha value is -1.26. The molecule has 0 saturated carbocycles. The lowest BCUT2D eigenvalue weighted by Crippen LogP contribution is -2.49. The molecule has 0 radical (unpaired) electrons. The van der Waals surface area contributed by atoms with Crippen LogP contribution in [0.15, 0.2) is 18.2 Å². The van der Waals surface area contributed by atoms with E-state index in [1.54, 1.807) is 17.0 Å². The third kappa shape index (κ3) is 5.99. The summed E-state index contributed by atoms with van der Waals surface area (Å²) < 4.78 is 0. The Morgan fingerprint density at radius 3 is 2.38 bits per heavy atom. The van der Waals surface area contributed by atoms with Crippen molar-refractivity contribution < 1.29 is 9.59 Å². The minimum atomic E-state index is -0.481. The second kappa shape index (κ2) is 10.6.